The fraction of sp³-hybridized carbons (Fsp3) is 0.154. The molecule has 0 aliphatic heterocycles. The highest BCUT2D eigenvalue weighted by Gasteiger charge is 2.13. The monoisotopic (exact) mass is 250 g/mol. The summed E-state index contributed by atoms with van der Waals surface area (Å²) in [5.41, 5.74) is 0.743. The van der Waals surface area contributed by atoms with Crippen LogP contribution in [0.1, 0.15) is 17.5 Å². The molecule has 0 aliphatic rings. The second-order valence-corrected chi connectivity index (χ2v) is 3.78. The molecule has 17 heavy (non-hydrogen) atoms. The van der Waals surface area contributed by atoms with Crippen molar-refractivity contribution in [3.63, 3.8) is 0 Å². The Hall–Kier alpha value is -1.74. The van der Waals surface area contributed by atoms with E-state index in [9.17, 15) is 4.79 Å². The van der Waals surface area contributed by atoms with Crippen LogP contribution in [0, 0.1) is 0 Å². The second kappa shape index (κ2) is 5.06. The van der Waals surface area contributed by atoms with Gasteiger partial charge < -0.3 is 9.15 Å². The normalized spacial score (nSPS) is 10.2. The molecule has 0 amide bonds. The van der Waals surface area contributed by atoms with Crippen LogP contribution in [0.5, 0.6) is 5.75 Å². The molecule has 1 aromatic heterocycles. The molecule has 88 valence electrons. The van der Waals surface area contributed by atoms with Crippen molar-refractivity contribution in [3.05, 3.63) is 41.1 Å². The lowest BCUT2D eigenvalue weighted by Gasteiger charge is -2.09. The highest BCUT2D eigenvalue weighted by Crippen LogP contribution is 2.36. The summed E-state index contributed by atoms with van der Waals surface area (Å²) in [6, 6.07) is 8.73. The molecule has 0 radical (unpaired) electrons. The molecule has 4 heteroatoms. The van der Waals surface area contributed by atoms with E-state index in [1.54, 1.807) is 18.2 Å². The van der Waals surface area contributed by atoms with Crippen molar-refractivity contribution in [1.29, 1.82) is 0 Å². The molecule has 0 saturated heterocycles. The number of ether oxygens (including phenoxy) is 1. The molecule has 0 bridgehead atoms. The third kappa shape index (κ3) is 2.34. The van der Waals surface area contributed by atoms with Crippen molar-refractivity contribution in [1.82, 2.24) is 0 Å². The quantitative estimate of drug-likeness (QED) is 0.775. The summed E-state index contributed by atoms with van der Waals surface area (Å²) >= 11 is 6.06. The number of rotatable bonds is 4. The topological polar surface area (TPSA) is 39.4 Å². The van der Waals surface area contributed by atoms with Crippen LogP contribution >= 0.6 is 11.6 Å². The Bertz CT molecular complexity index is 531. The Morgan fingerprint density at radius 1 is 1.35 bits per heavy atom. The Balaban J connectivity index is 2.50. The van der Waals surface area contributed by atoms with Gasteiger partial charge >= 0.3 is 0 Å². The van der Waals surface area contributed by atoms with Gasteiger partial charge in [-0.3, -0.25) is 4.79 Å². The van der Waals surface area contributed by atoms with E-state index in [0.717, 1.165) is 5.56 Å². The van der Waals surface area contributed by atoms with Gasteiger partial charge in [0.05, 0.1) is 17.2 Å². The molecule has 0 unspecified atom stereocenters. The lowest BCUT2D eigenvalue weighted by molar-refractivity contribution is 0.110. The lowest BCUT2D eigenvalue weighted by Crippen LogP contribution is -1.94. The van der Waals surface area contributed by atoms with Crippen LogP contribution in [0.25, 0.3) is 11.3 Å². The van der Waals surface area contributed by atoms with Gasteiger partial charge in [0.25, 0.3) is 0 Å². The Labute approximate surface area is 104 Å². The van der Waals surface area contributed by atoms with Gasteiger partial charge in [-0.2, -0.15) is 0 Å². The van der Waals surface area contributed by atoms with Crippen LogP contribution in [0.4, 0.5) is 0 Å². The minimum absolute atomic E-state index is 0.280. The van der Waals surface area contributed by atoms with E-state index in [0.29, 0.717) is 29.4 Å². The zero-order valence-electron chi connectivity index (χ0n) is 9.27. The van der Waals surface area contributed by atoms with Gasteiger partial charge in [0.2, 0.25) is 0 Å². The van der Waals surface area contributed by atoms with E-state index in [2.05, 4.69) is 0 Å². The third-order valence-corrected chi connectivity index (χ3v) is 2.56. The molecule has 0 aliphatic carbocycles. The minimum Gasteiger partial charge on any atom is -0.492 e. The zero-order valence-corrected chi connectivity index (χ0v) is 10.0. The summed E-state index contributed by atoms with van der Waals surface area (Å²) in [6.45, 7) is 2.39. The number of halogens is 1. The van der Waals surface area contributed by atoms with E-state index < -0.39 is 0 Å². The first-order valence-corrected chi connectivity index (χ1v) is 5.60. The summed E-state index contributed by atoms with van der Waals surface area (Å²) < 4.78 is 10.8. The first kappa shape index (κ1) is 11.7. The number of hydrogen-bond donors (Lipinski definition) is 0. The van der Waals surface area contributed by atoms with Gasteiger partial charge in [0, 0.05) is 0 Å². The smallest absolute Gasteiger partial charge is 0.185 e. The van der Waals surface area contributed by atoms with Crippen molar-refractivity contribution in [2.45, 2.75) is 6.92 Å². The van der Waals surface area contributed by atoms with Gasteiger partial charge in [0.15, 0.2) is 12.0 Å². The zero-order chi connectivity index (χ0) is 12.3. The summed E-state index contributed by atoms with van der Waals surface area (Å²) in [5, 5.41) is 0.522. The number of para-hydroxylation sites is 1. The van der Waals surface area contributed by atoms with Crippen molar-refractivity contribution in [2.24, 2.45) is 0 Å². The summed E-state index contributed by atoms with van der Waals surface area (Å²) in [7, 11) is 0. The molecule has 2 aromatic rings. The molecule has 1 heterocycles. The molecule has 0 N–H and O–H groups in total. The number of carbonyl (C=O) groups is 1. The summed E-state index contributed by atoms with van der Waals surface area (Å²) in [6.07, 6.45) is 0.661. The molecular formula is C13H11ClO3. The predicted molar refractivity (Wildman–Crippen MR) is 65.7 cm³/mol. The van der Waals surface area contributed by atoms with E-state index in [1.165, 1.54) is 0 Å². The van der Waals surface area contributed by atoms with E-state index >= 15 is 0 Å². The Morgan fingerprint density at radius 2 is 2.18 bits per heavy atom. The average Bonchev–Trinajstić information content (AvgIpc) is 2.80. The highest BCUT2D eigenvalue weighted by molar-refractivity contribution is 6.32. The van der Waals surface area contributed by atoms with Gasteiger partial charge in [-0.1, -0.05) is 17.7 Å². The van der Waals surface area contributed by atoms with Crippen LogP contribution in [-0.4, -0.2) is 12.9 Å². The van der Waals surface area contributed by atoms with Gasteiger partial charge in [-0.25, -0.2) is 0 Å². The van der Waals surface area contributed by atoms with Crippen LogP contribution < -0.4 is 4.74 Å². The standard InChI is InChI=1S/C13H11ClO3/c1-2-16-13-10(4-3-5-11(13)14)12-7-6-9(8-15)17-12/h3-8H,2H2,1H3. The minimum atomic E-state index is 0.280. The molecule has 0 fully saturated rings. The second-order valence-electron chi connectivity index (χ2n) is 3.37. The molecule has 3 nitrogen and oxygen atoms in total. The Kier molecular flexibility index (Phi) is 3.49. The van der Waals surface area contributed by atoms with Crippen molar-refractivity contribution >= 4 is 17.9 Å². The van der Waals surface area contributed by atoms with E-state index in [4.69, 9.17) is 20.8 Å². The molecule has 0 spiro atoms. The molecule has 0 atom stereocenters. The number of aldehydes is 1. The maximum Gasteiger partial charge on any atom is 0.185 e. The summed E-state index contributed by atoms with van der Waals surface area (Å²) in [5.74, 6) is 1.42. The SMILES string of the molecule is CCOc1c(Cl)cccc1-c1ccc(C=O)o1. The summed E-state index contributed by atoms with van der Waals surface area (Å²) in [4.78, 5) is 10.6. The molecule has 1 aromatic carbocycles. The fourth-order valence-corrected chi connectivity index (χ4v) is 1.78. The first-order chi connectivity index (χ1) is 8.26. The predicted octanol–water partition coefficient (Wildman–Crippen LogP) is 3.81. The third-order valence-electron chi connectivity index (χ3n) is 2.26. The molecular weight excluding hydrogens is 240 g/mol. The average molecular weight is 251 g/mol. The van der Waals surface area contributed by atoms with Crippen molar-refractivity contribution < 1.29 is 13.9 Å². The number of furan rings is 1. The number of benzene rings is 1. The Morgan fingerprint density at radius 3 is 2.82 bits per heavy atom. The van der Waals surface area contributed by atoms with E-state index in [1.807, 2.05) is 19.1 Å². The highest BCUT2D eigenvalue weighted by atomic mass is 35.5. The number of hydrogen-bond acceptors (Lipinski definition) is 3. The van der Waals surface area contributed by atoms with Crippen LogP contribution in [-0.2, 0) is 0 Å². The van der Waals surface area contributed by atoms with Crippen molar-refractivity contribution in [2.75, 3.05) is 6.61 Å². The van der Waals surface area contributed by atoms with Gasteiger partial charge in [-0.15, -0.1) is 0 Å². The first-order valence-electron chi connectivity index (χ1n) is 5.23. The van der Waals surface area contributed by atoms with Gasteiger partial charge in [-0.05, 0) is 31.2 Å². The van der Waals surface area contributed by atoms with Crippen molar-refractivity contribution in [3.8, 4) is 17.1 Å². The van der Waals surface area contributed by atoms with Crippen LogP contribution in [0.15, 0.2) is 34.7 Å². The van der Waals surface area contributed by atoms with E-state index in [-0.39, 0.29) is 5.76 Å². The van der Waals surface area contributed by atoms with Crippen LogP contribution in [0.3, 0.4) is 0 Å². The van der Waals surface area contributed by atoms with Gasteiger partial charge in [0.1, 0.15) is 11.5 Å². The maximum atomic E-state index is 10.6. The fourth-order valence-electron chi connectivity index (χ4n) is 1.55. The molecule has 2 rings (SSSR count). The molecule has 0 saturated carbocycles. The lowest BCUT2D eigenvalue weighted by atomic mass is 10.1. The largest absolute Gasteiger partial charge is 0.492 e. The van der Waals surface area contributed by atoms with Crippen LogP contribution in [0.2, 0.25) is 5.02 Å². The maximum absolute atomic E-state index is 10.6. The number of carbonyl (C=O) groups excluding carboxylic acids is 1.